The molecular weight excluding hydrogens is 337 g/mol. The molecule has 3 atom stereocenters. The van der Waals surface area contributed by atoms with E-state index in [4.69, 9.17) is 9.47 Å². The number of rotatable bonds is 7. The van der Waals surface area contributed by atoms with Crippen molar-refractivity contribution in [1.82, 2.24) is 4.90 Å². The average Bonchev–Trinajstić information content (AvgIpc) is 3.22. The summed E-state index contributed by atoms with van der Waals surface area (Å²) in [7, 11) is 3.01. The molecule has 5 nitrogen and oxygen atoms in total. The van der Waals surface area contributed by atoms with Gasteiger partial charge in [-0.2, -0.15) is 0 Å². The lowest BCUT2D eigenvalue weighted by molar-refractivity contribution is -0.152. The summed E-state index contributed by atoms with van der Waals surface area (Å²) in [4.78, 5) is 25.6. The average molecular weight is 363 g/mol. The Bertz CT molecular complexity index is 678. The van der Waals surface area contributed by atoms with Crippen molar-refractivity contribution in [1.29, 1.82) is 0 Å². The first kappa shape index (κ1) is 18.7. The highest BCUT2D eigenvalue weighted by Gasteiger charge is 2.40. The third-order valence-corrected chi connectivity index (χ3v) is 5.73. The predicted octanol–water partition coefficient (Wildman–Crippen LogP) is 3.16. The van der Waals surface area contributed by atoms with Crippen LogP contribution in [0, 0.1) is 23.6 Å². The molecular formula is C20H26FNO4. The highest BCUT2D eigenvalue weighted by atomic mass is 19.1. The van der Waals surface area contributed by atoms with Gasteiger partial charge in [0.05, 0.1) is 7.11 Å². The Morgan fingerprint density at radius 2 is 2.08 bits per heavy atom. The maximum atomic E-state index is 13.7. The van der Waals surface area contributed by atoms with Crippen LogP contribution in [0.2, 0.25) is 0 Å². The van der Waals surface area contributed by atoms with Crippen LogP contribution in [-0.2, 0) is 20.9 Å². The quantitative estimate of drug-likeness (QED) is 0.699. The predicted molar refractivity (Wildman–Crippen MR) is 93.9 cm³/mol. The number of methoxy groups -OCH3 is 1. The van der Waals surface area contributed by atoms with Crippen LogP contribution in [0.25, 0.3) is 0 Å². The number of ether oxygens (including phenoxy) is 2. The molecule has 0 radical (unpaired) electrons. The van der Waals surface area contributed by atoms with Gasteiger partial charge in [-0.3, -0.25) is 9.59 Å². The molecule has 6 heteroatoms. The first-order chi connectivity index (χ1) is 12.5. The van der Waals surface area contributed by atoms with E-state index in [2.05, 4.69) is 0 Å². The molecule has 1 amide bonds. The van der Waals surface area contributed by atoms with E-state index >= 15 is 0 Å². The van der Waals surface area contributed by atoms with E-state index in [-0.39, 0.29) is 30.8 Å². The summed E-state index contributed by atoms with van der Waals surface area (Å²) < 4.78 is 23.8. The van der Waals surface area contributed by atoms with Crippen molar-refractivity contribution in [2.45, 2.75) is 38.6 Å². The zero-order valence-corrected chi connectivity index (χ0v) is 15.4. The Balaban J connectivity index is 1.42. The van der Waals surface area contributed by atoms with E-state index in [0.717, 1.165) is 12.3 Å². The van der Waals surface area contributed by atoms with Crippen LogP contribution in [-0.4, -0.2) is 37.5 Å². The topological polar surface area (TPSA) is 55.8 Å². The van der Waals surface area contributed by atoms with Crippen LogP contribution in [0.5, 0.6) is 5.75 Å². The minimum absolute atomic E-state index is 0.164. The monoisotopic (exact) mass is 363 g/mol. The lowest BCUT2D eigenvalue weighted by atomic mass is 9.86. The molecule has 0 heterocycles. The van der Waals surface area contributed by atoms with Gasteiger partial charge < -0.3 is 14.4 Å². The highest BCUT2D eigenvalue weighted by Crippen LogP contribution is 2.49. The van der Waals surface area contributed by atoms with Gasteiger partial charge in [-0.05, 0) is 54.7 Å². The first-order valence-corrected chi connectivity index (χ1v) is 9.18. The number of likely N-dealkylation sites (N-methyl/N-ethyl adjacent to an activating group) is 1. The first-order valence-electron chi connectivity index (χ1n) is 9.18. The molecule has 26 heavy (non-hydrogen) atoms. The lowest BCUT2D eigenvalue weighted by Gasteiger charge is -2.21. The van der Waals surface area contributed by atoms with Gasteiger partial charge in [-0.15, -0.1) is 0 Å². The fourth-order valence-corrected chi connectivity index (χ4v) is 4.32. The van der Waals surface area contributed by atoms with Crippen LogP contribution < -0.4 is 4.74 Å². The molecule has 2 aliphatic rings. The third kappa shape index (κ3) is 4.34. The van der Waals surface area contributed by atoms with Crippen LogP contribution in [0.1, 0.15) is 37.7 Å². The summed E-state index contributed by atoms with van der Waals surface area (Å²) in [5.74, 6) is 0.977. The molecule has 0 aromatic heterocycles. The van der Waals surface area contributed by atoms with Crippen molar-refractivity contribution in [3.63, 3.8) is 0 Å². The number of nitrogens with zero attached hydrogens (tertiary/aromatic N) is 1. The second-order valence-electron chi connectivity index (χ2n) is 7.52. The van der Waals surface area contributed by atoms with Gasteiger partial charge in [0.15, 0.2) is 18.2 Å². The molecule has 0 aliphatic heterocycles. The second-order valence-corrected chi connectivity index (χ2v) is 7.52. The standard InChI is InChI=1S/C20H26FNO4/c1-22(11-14-4-6-18(25-2)17(21)9-14)19(23)12-26-20(24)10-16-8-13-3-5-15(16)7-13/h4,6,9,13,15-16H,3,5,7-8,10-12H2,1-2H3. The number of carbonyl (C=O) groups is 2. The van der Waals surface area contributed by atoms with Crippen LogP contribution >= 0.6 is 0 Å². The van der Waals surface area contributed by atoms with Crippen LogP contribution in [0.4, 0.5) is 4.39 Å². The number of halogens is 1. The largest absolute Gasteiger partial charge is 0.494 e. The summed E-state index contributed by atoms with van der Waals surface area (Å²) in [6.45, 7) is -0.0293. The normalized spacial score (nSPS) is 23.7. The van der Waals surface area contributed by atoms with Crippen molar-refractivity contribution in [2.24, 2.45) is 17.8 Å². The third-order valence-electron chi connectivity index (χ3n) is 5.73. The molecule has 0 saturated heterocycles. The molecule has 0 N–H and O–H groups in total. The molecule has 2 aliphatic carbocycles. The summed E-state index contributed by atoms with van der Waals surface area (Å²) in [5, 5.41) is 0. The fraction of sp³-hybridized carbons (Fsp3) is 0.600. The minimum atomic E-state index is -0.469. The van der Waals surface area contributed by atoms with Gasteiger partial charge in [0.1, 0.15) is 0 Å². The van der Waals surface area contributed by atoms with Gasteiger partial charge >= 0.3 is 5.97 Å². The van der Waals surface area contributed by atoms with Gasteiger partial charge in [0.2, 0.25) is 0 Å². The fourth-order valence-electron chi connectivity index (χ4n) is 4.32. The van der Waals surface area contributed by atoms with Crippen molar-refractivity contribution in [2.75, 3.05) is 20.8 Å². The van der Waals surface area contributed by atoms with Gasteiger partial charge in [0.25, 0.3) is 5.91 Å². The highest BCUT2D eigenvalue weighted by molar-refractivity contribution is 5.80. The maximum Gasteiger partial charge on any atom is 0.306 e. The maximum absolute atomic E-state index is 13.7. The molecule has 2 bridgehead atoms. The molecule has 142 valence electrons. The summed E-state index contributed by atoms with van der Waals surface area (Å²) in [6, 6.07) is 4.56. The van der Waals surface area contributed by atoms with E-state index in [1.165, 1.54) is 43.4 Å². The van der Waals surface area contributed by atoms with Gasteiger partial charge in [-0.1, -0.05) is 12.5 Å². The van der Waals surface area contributed by atoms with E-state index < -0.39 is 5.82 Å². The van der Waals surface area contributed by atoms with E-state index in [1.54, 1.807) is 13.1 Å². The Kier molecular flexibility index (Phi) is 5.79. The van der Waals surface area contributed by atoms with Crippen LogP contribution in [0.3, 0.4) is 0 Å². The number of esters is 1. The molecule has 1 aromatic carbocycles. The van der Waals surface area contributed by atoms with Gasteiger partial charge in [0, 0.05) is 20.0 Å². The van der Waals surface area contributed by atoms with E-state index in [0.29, 0.717) is 23.8 Å². The minimum Gasteiger partial charge on any atom is -0.494 e. The van der Waals surface area contributed by atoms with Crippen molar-refractivity contribution < 1.29 is 23.5 Å². The number of hydrogen-bond acceptors (Lipinski definition) is 4. The van der Waals surface area contributed by atoms with Crippen molar-refractivity contribution in [3.05, 3.63) is 29.6 Å². The SMILES string of the molecule is COc1ccc(CN(C)C(=O)COC(=O)CC2CC3CCC2C3)cc1F. The second kappa shape index (κ2) is 8.06. The molecule has 3 unspecified atom stereocenters. The zero-order valence-electron chi connectivity index (χ0n) is 15.4. The number of carbonyl (C=O) groups excluding carboxylic acids is 2. The lowest BCUT2D eigenvalue weighted by Crippen LogP contribution is -2.31. The number of fused-ring (bicyclic) bond motifs is 2. The van der Waals surface area contributed by atoms with Crippen molar-refractivity contribution in [3.8, 4) is 5.75 Å². The molecule has 3 rings (SSSR count). The number of amides is 1. The van der Waals surface area contributed by atoms with Crippen LogP contribution in [0.15, 0.2) is 18.2 Å². The Hall–Kier alpha value is -2.11. The summed E-state index contributed by atoms with van der Waals surface area (Å²) in [5.41, 5.74) is 0.646. The molecule has 2 fully saturated rings. The molecule has 1 aromatic rings. The smallest absolute Gasteiger partial charge is 0.306 e. The van der Waals surface area contributed by atoms with Gasteiger partial charge in [-0.25, -0.2) is 4.39 Å². The van der Waals surface area contributed by atoms with Crippen molar-refractivity contribution >= 4 is 11.9 Å². The molecule has 0 spiro atoms. The number of benzene rings is 1. The Morgan fingerprint density at radius 1 is 1.27 bits per heavy atom. The zero-order chi connectivity index (χ0) is 18.7. The number of hydrogen-bond donors (Lipinski definition) is 0. The van der Waals surface area contributed by atoms with E-state index in [9.17, 15) is 14.0 Å². The summed E-state index contributed by atoms with van der Waals surface area (Å²) in [6.07, 6.45) is 5.31. The Morgan fingerprint density at radius 3 is 2.69 bits per heavy atom. The van der Waals surface area contributed by atoms with E-state index in [1.807, 2.05) is 0 Å². The Labute approximate surface area is 153 Å². The summed E-state index contributed by atoms with van der Waals surface area (Å²) >= 11 is 0. The molecule has 2 saturated carbocycles.